The molecule has 1 aliphatic heterocycles. The number of carbonyl (C=O) groups excluding carboxylic acids is 1. The number of methoxy groups -OCH3 is 1. The Morgan fingerprint density at radius 3 is 2.72 bits per heavy atom. The van der Waals surface area contributed by atoms with E-state index in [1.54, 1.807) is 12.0 Å². The highest BCUT2D eigenvalue weighted by Crippen LogP contribution is 2.28. The van der Waals surface area contributed by atoms with Gasteiger partial charge in [-0.15, -0.1) is 0 Å². The number of anilines is 2. The first-order chi connectivity index (χ1) is 15.5. The number of hydrogen-bond acceptors (Lipinski definition) is 5. The van der Waals surface area contributed by atoms with Gasteiger partial charge in [-0.2, -0.15) is 5.26 Å². The van der Waals surface area contributed by atoms with Crippen LogP contribution in [0.5, 0.6) is 5.75 Å². The first-order valence-corrected chi connectivity index (χ1v) is 10.8. The van der Waals surface area contributed by atoms with Crippen molar-refractivity contribution in [3.05, 3.63) is 59.2 Å². The number of fused-ring (bicyclic) bond motifs is 1. The van der Waals surface area contributed by atoms with Crippen molar-refractivity contribution in [2.75, 3.05) is 43.5 Å². The van der Waals surface area contributed by atoms with Crippen LogP contribution in [0.4, 0.5) is 16.3 Å². The molecule has 2 aromatic carbocycles. The number of nitriles is 1. The second-order valence-electron chi connectivity index (χ2n) is 8.08. The molecule has 0 saturated carbocycles. The van der Waals surface area contributed by atoms with E-state index in [1.807, 2.05) is 37.3 Å². The zero-order valence-corrected chi connectivity index (χ0v) is 18.7. The molecule has 2 amide bonds. The normalized spacial score (nSPS) is 14.1. The van der Waals surface area contributed by atoms with Crippen molar-refractivity contribution >= 4 is 28.4 Å². The number of nitrogens with zero attached hydrogens (tertiary/aromatic N) is 4. The van der Waals surface area contributed by atoms with Crippen molar-refractivity contribution in [3.63, 3.8) is 0 Å². The number of hydrogen-bond donors (Lipinski definition) is 1. The summed E-state index contributed by atoms with van der Waals surface area (Å²) < 4.78 is 5.33. The molecule has 0 radical (unpaired) electrons. The fourth-order valence-corrected chi connectivity index (χ4v) is 4.22. The number of para-hydroxylation sites is 2. The number of rotatable bonds is 3. The highest BCUT2D eigenvalue weighted by molar-refractivity contribution is 5.91. The van der Waals surface area contributed by atoms with Crippen LogP contribution in [-0.2, 0) is 0 Å². The van der Waals surface area contributed by atoms with Gasteiger partial charge in [-0.05, 0) is 55.7 Å². The van der Waals surface area contributed by atoms with Crippen LogP contribution in [0.25, 0.3) is 10.9 Å². The minimum atomic E-state index is -0.158. The summed E-state index contributed by atoms with van der Waals surface area (Å²) in [4.78, 5) is 21.7. The van der Waals surface area contributed by atoms with Gasteiger partial charge in [0.1, 0.15) is 17.6 Å². The lowest BCUT2D eigenvalue weighted by Gasteiger charge is -2.24. The molecule has 0 aliphatic carbocycles. The number of aryl methyl sites for hydroxylation is 2. The van der Waals surface area contributed by atoms with Crippen LogP contribution in [-0.4, -0.2) is 49.2 Å². The fourth-order valence-electron chi connectivity index (χ4n) is 4.22. The van der Waals surface area contributed by atoms with E-state index >= 15 is 0 Å². The monoisotopic (exact) mass is 429 g/mol. The number of benzene rings is 2. The van der Waals surface area contributed by atoms with Gasteiger partial charge in [0, 0.05) is 31.6 Å². The minimum Gasteiger partial charge on any atom is -0.495 e. The van der Waals surface area contributed by atoms with E-state index in [1.165, 1.54) is 0 Å². The summed E-state index contributed by atoms with van der Waals surface area (Å²) in [5, 5.41) is 13.7. The van der Waals surface area contributed by atoms with E-state index < -0.39 is 0 Å². The molecule has 1 aromatic heterocycles. The molecule has 1 aliphatic rings. The number of aromatic nitrogens is 1. The van der Waals surface area contributed by atoms with E-state index in [-0.39, 0.29) is 6.03 Å². The molecule has 0 bridgehead atoms. The van der Waals surface area contributed by atoms with Gasteiger partial charge < -0.3 is 19.9 Å². The Kier molecular flexibility index (Phi) is 6.13. The Morgan fingerprint density at radius 2 is 1.94 bits per heavy atom. The number of carbonyl (C=O) groups is 1. The van der Waals surface area contributed by atoms with Crippen molar-refractivity contribution < 1.29 is 9.53 Å². The highest BCUT2D eigenvalue weighted by atomic mass is 16.5. The molecule has 1 fully saturated rings. The molecule has 1 saturated heterocycles. The molecule has 0 unspecified atom stereocenters. The van der Waals surface area contributed by atoms with Crippen LogP contribution >= 0.6 is 0 Å². The Bertz CT molecular complexity index is 1200. The summed E-state index contributed by atoms with van der Waals surface area (Å²) >= 11 is 0. The standard InChI is InChI=1S/C25H27N5O2/c1-17-13-18(2)20-15-19(16-26)24(27-22(20)14-17)29-9-6-10-30(12-11-29)25(31)28-21-7-4-5-8-23(21)32-3/h4-5,7-8,13-15H,6,9-12H2,1-3H3,(H,28,31). The molecule has 7 nitrogen and oxygen atoms in total. The number of ether oxygens (including phenoxy) is 1. The molecule has 2 heterocycles. The van der Waals surface area contributed by atoms with Crippen molar-refractivity contribution in [3.8, 4) is 11.8 Å². The van der Waals surface area contributed by atoms with E-state index in [0.717, 1.165) is 35.0 Å². The molecule has 1 N–H and O–H groups in total. The molecule has 164 valence electrons. The summed E-state index contributed by atoms with van der Waals surface area (Å²) in [6, 6.07) is 15.6. The maximum absolute atomic E-state index is 12.9. The van der Waals surface area contributed by atoms with Crippen LogP contribution in [0.1, 0.15) is 23.1 Å². The zero-order chi connectivity index (χ0) is 22.7. The van der Waals surface area contributed by atoms with Gasteiger partial charge in [0.2, 0.25) is 0 Å². The summed E-state index contributed by atoms with van der Waals surface area (Å²) in [7, 11) is 1.58. The van der Waals surface area contributed by atoms with Gasteiger partial charge in [-0.25, -0.2) is 9.78 Å². The number of amides is 2. The highest BCUT2D eigenvalue weighted by Gasteiger charge is 2.23. The van der Waals surface area contributed by atoms with Crippen LogP contribution in [0.2, 0.25) is 0 Å². The van der Waals surface area contributed by atoms with Crippen LogP contribution in [0, 0.1) is 25.2 Å². The summed E-state index contributed by atoms with van der Waals surface area (Å²) in [6.07, 6.45) is 0.788. The van der Waals surface area contributed by atoms with E-state index in [4.69, 9.17) is 9.72 Å². The Hall–Kier alpha value is -3.79. The van der Waals surface area contributed by atoms with Crippen molar-refractivity contribution in [1.29, 1.82) is 5.26 Å². The third kappa shape index (κ3) is 4.30. The van der Waals surface area contributed by atoms with E-state index in [9.17, 15) is 10.1 Å². The molecule has 0 atom stereocenters. The maximum Gasteiger partial charge on any atom is 0.322 e. The molecule has 4 rings (SSSR count). The van der Waals surface area contributed by atoms with Gasteiger partial charge in [0.15, 0.2) is 0 Å². The average Bonchev–Trinajstić information content (AvgIpc) is 3.05. The topological polar surface area (TPSA) is 81.5 Å². The minimum absolute atomic E-state index is 0.158. The maximum atomic E-state index is 12.9. The van der Waals surface area contributed by atoms with Crippen molar-refractivity contribution in [1.82, 2.24) is 9.88 Å². The van der Waals surface area contributed by atoms with Crippen LogP contribution in [0.15, 0.2) is 42.5 Å². The lowest BCUT2D eigenvalue weighted by atomic mass is 10.0. The molecular formula is C25H27N5O2. The Labute approximate surface area is 188 Å². The van der Waals surface area contributed by atoms with E-state index in [0.29, 0.717) is 42.5 Å². The molecular weight excluding hydrogens is 402 g/mol. The molecule has 3 aromatic rings. The largest absolute Gasteiger partial charge is 0.495 e. The summed E-state index contributed by atoms with van der Waals surface area (Å²) in [6.45, 7) is 6.61. The van der Waals surface area contributed by atoms with Crippen molar-refractivity contribution in [2.24, 2.45) is 0 Å². The first-order valence-electron chi connectivity index (χ1n) is 10.8. The van der Waals surface area contributed by atoms with E-state index in [2.05, 4.69) is 35.3 Å². The average molecular weight is 430 g/mol. The second kappa shape index (κ2) is 9.15. The smallest absolute Gasteiger partial charge is 0.322 e. The predicted octanol–water partition coefficient (Wildman–Crippen LogP) is 4.48. The fraction of sp³-hybridized carbons (Fsp3) is 0.320. The lowest BCUT2D eigenvalue weighted by Crippen LogP contribution is -2.38. The number of pyridine rings is 1. The Balaban J connectivity index is 1.54. The molecule has 32 heavy (non-hydrogen) atoms. The molecule has 7 heteroatoms. The summed E-state index contributed by atoms with van der Waals surface area (Å²) in [5.74, 6) is 1.32. The van der Waals surface area contributed by atoms with Crippen LogP contribution in [0.3, 0.4) is 0 Å². The summed E-state index contributed by atoms with van der Waals surface area (Å²) in [5.41, 5.74) is 4.37. The number of nitrogens with one attached hydrogen (secondary N) is 1. The van der Waals surface area contributed by atoms with Gasteiger partial charge in [-0.1, -0.05) is 18.2 Å². The van der Waals surface area contributed by atoms with Crippen LogP contribution < -0.4 is 15.0 Å². The quantitative estimate of drug-likeness (QED) is 0.664. The number of urea groups is 1. The second-order valence-corrected chi connectivity index (χ2v) is 8.08. The van der Waals surface area contributed by atoms with Gasteiger partial charge in [-0.3, -0.25) is 0 Å². The van der Waals surface area contributed by atoms with Crippen molar-refractivity contribution in [2.45, 2.75) is 20.3 Å². The lowest BCUT2D eigenvalue weighted by molar-refractivity contribution is 0.215. The first kappa shape index (κ1) is 21.4. The zero-order valence-electron chi connectivity index (χ0n) is 18.7. The Morgan fingerprint density at radius 1 is 1.12 bits per heavy atom. The van der Waals surface area contributed by atoms with Gasteiger partial charge in [0.25, 0.3) is 0 Å². The molecule has 0 spiro atoms. The van der Waals surface area contributed by atoms with Gasteiger partial charge >= 0.3 is 6.03 Å². The third-order valence-corrected chi connectivity index (χ3v) is 5.82. The third-order valence-electron chi connectivity index (χ3n) is 5.82. The predicted molar refractivity (Wildman–Crippen MR) is 126 cm³/mol. The SMILES string of the molecule is COc1ccccc1NC(=O)N1CCCN(c2nc3cc(C)cc(C)c3cc2C#N)CC1. The van der Waals surface area contributed by atoms with Gasteiger partial charge in [0.05, 0.1) is 23.9 Å².